The molecule has 0 heterocycles. The summed E-state index contributed by atoms with van der Waals surface area (Å²) in [6.45, 7) is 2.09. The Bertz CT molecular complexity index is 391. The highest BCUT2D eigenvalue weighted by molar-refractivity contribution is 5.80. The standard InChI is InChI=1S/C11H11F3O3/c1-2-17-8-5-3-7(4-6-8)11(14,9(12)13)10(15)16/h3-6,9H,2H2,1H3,(H,15,16). The lowest BCUT2D eigenvalue weighted by Gasteiger charge is -2.20. The first kappa shape index (κ1) is 13.3. The Labute approximate surface area is 95.8 Å². The Balaban J connectivity index is 3.09. The Morgan fingerprint density at radius 1 is 1.41 bits per heavy atom. The predicted octanol–water partition coefficient (Wildman–Crippen LogP) is 2.60. The van der Waals surface area contributed by atoms with Gasteiger partial charge in [-0.1, -0.05) is 12.1 Å². The van der Waals surface area contributed by atoms with Crippen molar-refractivity contribution in [1.82, 2.24) is 0 Å². The molecule has 1 aromatic carbocycles. The van der Waals surface area contributed by atoms with E-state index in [-0.39, 0.29) is 0 Å². The molecule has 94 valence electrons. The van der Waals surface area contributed by atoms with E-state index < -0.39 is 23.6 Å². The molecule has 1 N–H and O–H groups in total. The number of hydrogen-bond donors (Lipinski definition) is 1. The Kier molecular flexibility index (Phi) is 3.98. The minimum atomic E-state index is -3.69. The molecule has 1 atom stereocenters. The average molecular weight is 248 g/mol. The van der Waals surface area contributed by atoms with Crippen LogP contribution in [0.2, 0.25) is 0 Å². The van der Waals surface area contributed by atoms with Crippen LogP contribution in [0.1, 0.15) is 12.5 Å². The number of ether oxygens (including phenoxy) is 1. The summed E-state index contributed by atoms with van der Waals surface area (Å²) in [6.07, 6.45) is -3.64. The lowest BCUT2D eigenvalue weighted by molar-refractivity contribution is -0.164. The number of carbonyl (C=O) groups is 1. The van der Waals surface area contributed by atoms with Gasteiger partial charge in [0, 0.05) is 5.56 Å². The van der Waals surface area contributed by atoms with Crippen LogP contribution in [0.5, 0.6) is 5.75 Å². The van der Waals surface area contributed by atoms with Crippen LogP contribution < -0.4 is 4.74 Å². The molecule has 0 spiro atoms. The van der Waals surface area contributed by atoms with Gasteiger partial charge in [0.2, 0.25) is 0 Å². The third kappa shape index (κ3) is 2.51. The lowest BCUT2D eigenvalue weighted by Crippen LogP contribution is -2.38. The molecule has 6 heteroatoms. The Morgan fingerprint density at radius 3 is 2.29 bits per heavy atom. The quantitative estimate of drug-likeness (QED) is 0.871. The van der Waals surface area contributed by atoms with Crippen molar-refractivity contribution in [2.24, 2.45) is 0 Å². The Hall–Kier alpha value is -1.72. The van der Waals surface area contributed by atoms with E-state index in [1.165, 1.54) is 12.1 Å². The third-order valence-corrected chi connectivity index (χ3v) is 2.20. The molecule has 0 aliphatic carbocycles. The zero-order chi connectivity index (χ0) is 13.1. The number of carboxylic acids is 1. The van der Waals surface area contributed by atoms with Gasteiger partial charge in [-0.3, -0.25) is 0 Å². The first-order valence-corrected chi connectivity index (χ1v) is 4.86. The van der Waals surface area contributed by atoms with Crippen LogP contribution in [0.15, 0.2) is 24.3 Å². The van der Waals surface area contributed by atoms with Crippen LogP contribution in [0.25, 0.3) is 0 Å². The molecule has 1 aromatic rings. The first-order valence-electron chi connectivity index (χ1n) is 4.86. The van der Waals surface area contributed by atoms with Crippen molar-refractivity contribution in [1.29, 1.82) is 0 Å². The average Bonchev–Trinajstić information content (AvgIpc) is 2.28. The fraction of sp³-hybridized carbons (Fsp3) is 0.364. The van der Waals surface area contributed by atoms with E-state index in [0.29, 0.717) is 12.4 Å². The highest BCUT2D eigenvalue weighted by Gasteiger charge is 2.50. The second kappa shape index (κ2) is 5.07. The van der Waals surface area contributed by atoms with Gasteiger partial charge >= 0.3 is 5.97 Å². The molecule has 0 saturated heterocycles. The van der Waals surface area contributed by atoms with Gasteiger partial charge < -0.3 is 9.84 Å². The molecule has 3 nitrogen and oxygen atoms in total. The van der Waals surface area contributed by atoms with E-state index in [0.717, 1.165) is 12.1 Å². The van der Waals surface area contributed by atoms with Crippen LogP contribution in [0.3, 0.4) is 0 Å². The van der Waals surface area contributed by atoms with Gasteiger partial charge in [-0.25, -0.2) is 18.0 Å². The molecule has 1 rings (SSSR count). The summed E-state index contributed by atoms with van der Waals surface area (Å²) in [6, 6.07) is 4.45. The first-order chi connectivity index (χ1) is 7.92. The van der Waals surface area contributed by atoms with E-state index in [1.807, 2.05) is 0 Å². The maximum absolute atomic E-state index is 13.7. The molecule has 0 aromatic heterocycles. The van der Waals surface area contributed by atoms with Crippen LogP contribution in [0, 0.1) is 0 Å². The zero-order valence-electron chi connectivity index (χ0n) is 8.99. The molecule has 0 aliphatic heterocycles. The number of aliphatic carboxylic acids is 1. The number of carboxylic acid groups (broad SMARTS) is 1. The summed E-state index contributed by atoms with van der Waals surface area (Å²) < 4.78 is 43.7. The van der Waals surface area contributed by atoms with Crippen LogP contribution in [0.4, 0.5) is 13.2 Å². The summed E-state index contributed by atoms with van der Waals surface area (Å²) in [4.78, 5) is 10.6. The molecular formula is C11H11F3O3. The smallest absolute Gasteiger partial charge is 0.352 e. The van der Waals surface area contributed by atoms with Crippen LogP contribution in [-0.2, 0) is 10.5 Å². The van der Waals surface area contributed by atoms with E-state index in [1.54, 1.807) is 6.92 Å². The van der Waals surface area contributed by atoms with Crippen molar-refractivity contribution in [3.8, 4) is 5.75 Å². The van der Waals surface area contributed by atoms with E-state index >= 15 is 0 Å². The zero-order valence-corrected chi connectivity index (χ0v) is 8.99. The van der Waals surface area contributed by atoms with E-state index in [9.17, 15) is 18.0 Å². The van der Waals surface area contributed by atoms with Gasteiger partial charge in [-0.2, -0.15) is 0 Å². The molecule has 0 bridgehead atoms. The Morgan fingerprint density at radius 2 is 1.94 bits per heavy atom. The molecule has 0 amide bonds. The molecule has 0 saturated carbocycles. The van der Waals surface area contributed by atoms with Gasteiger partial charge in [0.1, 0.15) is 5.75 Å². The van der Waals surface area contributed by atoms with Crippen molar-refractivity contribution < 1.29 is 27.8 Å². The minimum absolute atomic E-state index is 0.359. The summed E-state index contributed by atoms with van der Waals surface area (Å²) in [5.41, 5.74) is -4.30. The van der Waals surface area contributed by atoms with Gasteiger partial charge in [0.25, 0.3) is 12.1 Å². The predicted molar refractivity (Wildman–Crippen MR) is 54.0 cm³/mol. The fourth-order valence-electron chi connectivity index (χ4n) is 1.30. The largest absolute Gasteiger partial charge is 0.494 e. The van der Waals surface area contributed by atoms with Crippen molar-refractivity contribution >= 4 is 5.97 Å². The summed E-state index contributed by atoms with van der Waals surface area (Å²) in [7, 11) is 0. The highest BCUT2D eigenvalue weighted by Crippen LogP contribution is 2.34. The van der Waals surface area contributed by atoms with Gasteiger partial charge in [0.05, 0.1) is 6.61 Å². The molecule has 0 fully saturated rings. The van der Waals surface area contributed by atoms with Gasteiger partial charge in [-0.05, 0) is 19.1 Å². The number of hydrogen-bond acceptors (Lipinski definition) is 2. The number of halogens is 3. The molecule has 1 unspecified atom stereocenters. The van der Waals surface area contributed by atoms with E-state index in [4.69, 9.17) is 9.84 Å². The third-order valence-electron chi connectivity index (χ3n) is 2.20. The highest BCUT2D eigenvalue weighted by atomic mass is 19.3. The summed E-state index contributed by atoms with van der Waals surface area (Å²) in [5, 5.41) is 8.54. The topological polar surface area (TPSA) is 46.5 Å². The molecular weight excluding hydrogens is 237 g/mol. The second-order valence-corrected chi connectivity index (χ2v) is 3.28. The van der Waals surface area contributed by atoms with Crippen molar-refractivity contribution in [2.45, 2.75) is 19.0 Å². The number of alkyl halides is 3. The lowest BCUT2D eigenvalue weighted by atomic mass is 9.96. The maximum atomic E-state index is 13.7. The maximum Gasteiger partial charge on any atom is 0.352 e. The van der Waals surface area contributed by atoms with Crippen LogP contribution in [-0.4, -0.2) is 24.1 Å². The molecule has 17 heavy (non-hydrogen) atoms. The summed E-state index contributed by atoms with van der Waals surface area (Å²) >= 11 is 0. The van der Waals surface area contributed by atoms with Crippen molar-refractivity contribution in [2.75, 3.05) is 6.61 Å². The van der Waals surface area contributed by atoms with Gasteiger partial charge in [0.15, 0.2) is 0 Å². The minimum Gasteiger partial charge on any atom is -0.494 e. The SMILES string of the molecule is CCOc1ccc(C(F)(C(=O)O)C(F)F)cc1. The molecule has 0 radical (unpaired) electrons. The van der Waals surface area contributed by atoms with E-state index in [2.05, 4.69) is 0 Å². The van der Waals surface area contributed by atoms with Crippen molar-refractivity contribution in [3.05, 3.63) is 29.8 Å². The number of benzene rings is 1. The monoisotopic (exact) mass is 248 g/mol. The van der Waals surface area contributed by atoms with Crippen molar-refractivity contribution in [3.63, 3.8) is 0 Å². The van der Waals surface area contributed by atoms with Gasteiger partial charge in [-0.15, -0.1) is 0 Å². The number of rotatable bonds is 5. The summed E-state index contributed by atoms with van der Waals surface area (Å²) in [5.74, 6) is -1.85. The van der Waals surface area contributed by atoms with Crippen LogP contribution >= 0.6 is 0 Å². The molecule has 0 aliphatic rings. The second-order valence-electron chi connectivity index (χ2n) is 3.28. The normalized spacial score (nSPS) is 14.4. The fourth-order valence-corrected chi connectivity index (χ4v) is 1.30.